The third-order valence-electron chi connectivity index (χ3n) is 5.97. The molecule has 0 amide bonds. The maximum absolute atomic E-state index is 12.6. The fraction of sp³-hybridized carbons (Fsp3) is 0.478. The summed E-state index contributed by atoms with van der Waals surface area (Å²) < 4.78 is 5.43. The maximum Gasteiger partial charge on any atom is 0.145 e. The van der Waals surface area contributed by atoms with Crippen LogP contribution in [0, 0.1) is 11.8 Å². The molecule has 2 fully saturated rings. The molecular weight excluding hydrogens is 402 g/mol. The molecule has 0 radical (unpaired) electrons. The fourth-order valence-electron chi connectivity index (χ4n) is 4.11. The van der Waals surface area contributed by atoms with Crippen LogP contribution in [0.4, 0.5) is 5.69 Å². The lowest BCUT2D eigenvalue weighted by atomic mass is 9.96. The Morgan fingerprint density at radius 1 is 1.27 bits per heavy atom. The summed E-state index contributed by atoms with van der Waals surface area (Å²) in [4.78, 5) is 16.9. The summed E-state index contributed by atoms with van der Waals surface area (Å²) in [7, 11) is 0. The zero-order chi connectivity index (χ0) is 20.9. The van der Waals surface area contributed by atoms with E-state index in [2.05, 4.69) is 27.8 Å². The number of carbonyl (C=O) groups excluding carboxylic acids is 1. The van der Waals surface area contributed by atoms with Gasteiger partial charge in [0.2, 0.25) is 0 Å². The van der Waals surface area contributed by atoms with Crippen molar-refractivity contribution in [1.29, 1.82) is 0 Å². The number of aliphatic hydroxyl groups is 1. The molecule has 30 heavy (non-hydrogen) atoms. The van der Waals surface area contributed by atoms with Crippen LogP contribution in [0.5, 0.6) is 0 Å². The summed E-state index contributed by atoms with van der Waals surface area (Å²) in [5.74, 6) is 0.258. The number of halogens is 1. The van der Waals surface area contributed by atoms with Crippen LogP contribution < -0.4 is 10.6 Å². The zero-order valence-corrected chi connectivity index (χ0v) is 17.7. The molecule has 7 heteroatoms. The van der Waals surface area contributed by atoms with Crippen molar-refractivity contribution in [3.05, 3.63) is 47.2 Å². The second-order valence-electron chi connectivity index (χ2n) is 8.15. The predicted octanol–water partition coefficient (Wildman–Crippen LogP) is 2.93. The molecule has 160 valence electrons. The Labute approximate surface area is 182 Å². The number of hydrogen-bond acceptors (Lipinski definition) is 6. The Bertz CT molecular complexity index is 886. The second-order valence-corrected chi connectivity index (χ2v) is 8.56. The molecule has 1 aromatic carbocycles. The first-order valence-corrected chi connectivity index (χ1v) is 11.0. The number of hydrogen-bond donors (Lipinski definition) is 3. The molecule has 2 saturated heterocycles. The van der Waals surface area contributed by atoms with Gasteiger partial charge in [0.25, 0.3) is 0 Å². The Kier molecular flexibility index (Phi) is 7.00. The minimum atomic E-state index is -0.622. The van der Waals surface area contributed by atoms with Crippen molar-refractivity contribution < 1.29 is 14.6 Å². The van der Waals surface area contributed by atoms with Crippen molar-refractivity contribution in [2.24, 2.45) is 11.8 Å². The van der Waals surface area contributed by atoms with Crippen molar-refractivity contribution in [3.8, 4) is 11.1 Å². The molecule has 4 rings (SSSR count). The zero-order valence-electron chi connectivity index (χ0n) is 16.9. The molecule has 3 N–H and O–H groups in total. The number of Topliss-reactive ketones (excluding diaryl/α,β-unsaturated/α-hetero) is 1. The minimum Gasteiger partial charge on any atom is -0.391 e. The number of β-amino-alcohol motifs (C(OH)–C–C–N with tert-alkyl or cyclic N) is 1. The Morgan fingerprint density at radius 3 is 2.87 bits per heavy atom. The third kappa shape index (κ3) is 5.19. The van der Waals surface area contributed by atoms with Crippen molar-refractivity contribution in [2.75, 3.05) is 38.2 Å². The van der Waals surface area contributed by atoms with Crippen LogP contribution in [0.25, 0.3) is 11.1 Å². The van der Waals surface area contributed by atoms with Gasteiger partial charge in [-0.3, -0.25) is 9.78 Å². The summed E-state index contributed by atoms with van der Waals surface area (Å²) in [5.41, 5.74) is 3.55. The van der Waals surface area contributed by atoms with Gasteiger partial charge in [0.1, 0.15) is 5.78 Å². The summed E-state index contributed by atoms with van der Waals surface area (Å²) in [6.07, 6.45) is 3.35. The topological polar surface area (TPSA) is 83.5 Å². The lowest BCUT2D eigenvalue weighted by Crippen LogP contribution is -2.28. The fourth-order valence-corrected chi connectivity index (χ4v) is 4.32. The smallest absolute Gasteiger partial charge is 0.145 e. The average molecular weight is 430 g/mol. The maximum atomic E-state index is 12.6. The highest BCUT2D eigenvalue weighted by atomic mass is 35.5. The van der Waals surface area contributed by atoms with Gasteiger partial charge in [-0.05, 0) is 42.5 Å². The monoisotopic (exact) mass is 429 g/mol. The van der Waals surface area contributed by atoms with E-state index in [1.54, 1.807) is 6.20 Å². The number of carbonyl (C=O) groups is 1. The highest BCUT2D eigenvalue weighted by molar-refractivity contribution is 6.33. The van der Waals surface area contributed by atoms with Gasteiger partial charge in [0.15, 0.2) is 0 Å². The van der Waals surface area contributed by atoms with Crippen molar-refractivity contribution in [1.82, 2.24) is 10.3 Å². The highest BCUT2D eigenvalue weighted by Gasteiger charge is 2.31. The van der Waals surface area contributed by atoms with Crippen LogP contribution in [-0.2, 0) is 16.0 Å². The SMILES string of the molecule is O=C(Cc1cc(-c2cccc(NCC3CCOCC3)c2)c(Cl)cn1)[C@H]1CNC[C@@H]1O. The standard InChI is InChI=1S/C23H28ClN3O3/c24-21-13-27-18(10-22(28)20-12-25-14-23(20)29)9-19(21)16-2-1-3-17(8-16)26-11-15-4-6-30-7-5-15/h1-3,8-9,13,15,20,23,25-26,29H,4-7,10-12,14H2/t20-,23+/m1/s1. The molecule has 0 saturated carbocycles. The van der Waals surface area contributed by atoms with Crippen LogP contribution in [-0.4, -0.2) is 54.8 Å². The number of anilines is 1. The molecular formula is C23H28ClN3O3. The van der Waals surface area contributed by atoms with E-state index in [4.69, 9.17) is 16.3 Å². The lowest BCUT2D eigenvalue weighted by molar-refractivity contribution is -0.124. The molecule has 2 aliphatic heterocycles. The van der Waals surface area contributed by atoms with Crippen LogP contribution >= 0.6 is 11.6 Å². The molecule has 0 unspecified atom stereocenters. The van der Waals surface area contributed by atoms with E-state index in [1.807, 2.05) is 18.2 Å². The molecule has 0 bridgehead atoms. The third-order valence-corrected chi connectivity index (χ3v) is 6.27. The highest BCUT2D eigenvalue weighted by Crippen LogP contribution is 2.30. The van der Waals surface area contributed by atoms with E-state index in [-0.39, 0.29) is 18.1 Å². The number of ketones is 1. The Morgan fingerprint density at radius 2 is 2.10 bits per heavy atom. The average Bonchev–Trinajstić information content (AvgIpc) is 3.20. The van der Waals surface area contributed by atoms with Gasteiger partial charge in [-0.15, -0.1) is 0 Å². The number of rotatable bonds is 7. The molecule has 1 aromatic heterocycles. The Balaban J connectivity index is 1.46. The quantitative estimate of drug-likeness (QED) is 0.627. The summed E-state index contributed by atoms with van der Waals surface area (Å²) in [6, 6.07) is 10.0. The summed E-state index contributed by atoms with van der Waals surface area (Å²) in [6.45, 7) is 3.59. The molecule has 3 heterocycles. The Hall–Kier alpha value is -1.99. The van der Waals surface area contributed by atoms with Gasteiger partial charge in [-0.1, -0.05) is 23.7 Å². The second kappa shape index (κ2) is 9.88. The molecule has 0 spiro atoms. The van der Waals surface area contributed by atoms with Gasteiger partial charge < -0.3 is 20.5 Å². The predicted molar refractivity (Wildman–Crippen MR) is 118 cm³/mol. The minimum absolute atomic E-state index is 0.000140. The van der Waals surface area contributed by atoms with Crippen molar-refractivity contribution >= 4 is 23.1 Å². The number of benzene rings is 1. The van der Waals surface area contributed by atoms with E-state index in [1.165, 1.54) is 0 Å². The molecule has 2 atom stereocenters. The molecule has 6 nitrogen and oxygen atoms in total. The van der Waals surface area contributed by atoms with E-state index >= 15 is 0 Å². The van der Waals surface area contributed by atoms with Gasteiger partial charge in [-0.2, -0.15) is 0 Å². The van der Waals surface area contributed by atoms with Crippen molar-refractivity contribution in [3.63, 3.8) is 0 Å². The first-order valence-electron chi connectivity index (χ1n) is 10.6. The largest absolute Gasteiger partial charge is 0.391 e. The lowest BCUT2D eigenvalue weighted by Gasteiger charge is -2.22. The van der Waals surface area contributed by atoms with Gasteiger partial charge in [0, 0.05) is 62.4 Å². The summed E-state index contributed by atoms with van der Waals surface area (Å²) >= 11 is 6.44. The first kappa shape index (κ1) is 21.2. The first-order chi connectivity index (χ1) is 14.6. The molecule has 2 aromatic rings. The van der Waals surface area contributed by atoms with Crippen LogP contribution in [0.2, 0.25) is 5.02 Å². The van der Waals surface area contributed by atoms with Crippen LogP contribution in [0.3, 0.4) is 0 Å². The number of nitrogens with zero attached hydrogens (tertiary/aromatic N) is 1. The molecule has 0 aliphatic carbocycles. The normalized spacial score (nSPS) is 22.2. The number of pyridine rings is 1. The van der Waals surface area contributed by atoms with E-state index in [0.29, 0.717) is 29.7 Å². The van der Waals surface area contributed by atoms with E-state index < -0.39 is 6.10 Å². The number of aliphatic hydroxyl groups excluding tert-OH is 1. The van der Waals surface area contributed by atoms with Crippen LogP contribution in [0.1, 0.15) is 18.5 Å². The molecule has 2 aliphatic rings. The van der Waals surface area contributed by atoms with E-state index in [9.17, 15) is 9.90 Å². The van der Waals surface area contributed by atoms with Gasteiger partial charge in [-0.25, -0.2) is 0 Å². The number of aromatic nitrogens is 1. The van der Waals surface area contributed by atoms with Gasteiger partial charge in [0.05, 0.1) is 17.0 Å². The van der Waals surface area contributed by atoms with Gasteiger partial charge >= 0.3 is 0 Å². The number of nitrogens with one attached hydrogen (secondary N) is 2. The van der Waals surface area contributed by atoms with Crippen molar-refractivity contribution in [2.45, 2.75) is 25.4 Å². The van der Waals surface area contributed by atoms with E-state index in [0.717, 1.165) is 49.4 Å². The summed E-state index contributed by atoms with van der Waals surface area (Å²) in [5, 5.41) is 17.1. The number of ether oxygens (including phenoxy) is 1. The van der Waals surface area contributed by atoms with Crippen LogP contribution in [0.15, 0.2) is 36.5 Å².